The first kappa shape index (κ1) is 21.6. The van der Waals surface area contributed by atoms with Crippen LogP contribution < -0.4 is 10.2 Å². The summed E-state index contributed by atoms with van der Waals surface area (Å²) in [6.45, 7) is 4.60. The maximum Gasteiger partial charge on any atom is 0.272 e. The number of thiophene rings is 1. The van der Waals surface area contributed by atoms with Gasteiger partial charge in [0.2, 0.25) is 0 Å². The first-order valence-corrected chi connectivity index (χ1v) is 11.1. The van der Waals surface area contributed by atoms with E-state index in [-0.39, 0.29) is 5.91 Å². The third kappa shape index (κ3) is 6.16. The summed E-state index contributed by atoms with van der Waals surface area (Å²) < 4.78 is 6.92. The molecule has 1 N–H and O–H groups in total. The third-order valence-electron chi connectivity index (χ3n) is 4.08. The number of nitrogens with one attached hydrogen (secondary N) is 1. The molecule has 0 atom stereocenters. The van der Waals surface area contributed by atoms with Crippen LogP contribution in [0.15, 0.2) is 63.5 Å². The van der Waals surface area contributed by atoms with E-state index < -0.39 is 0 Å². The van der Waals surface area contributed by atoms with Crippen LogP contribution in [0, 0.1) is 0 Å². The molecule has 0 saturated carbocycles. The summed E-state index contributed by atoms with van der Waals surface area (Å²) in [5.74, 6) is 0.773. The van der Waals surface area contributed by atoms with Crippen molar-refractivity contribution in [2.45, 2.75) is 26.4 Å². The molecule has 0 aliphatic heterocycles. The van der Waals surface area contributed by atoms with Crippen molar-refractivity contribution in [1.29, 1.82) is 0 Å². The summed E-state index contributed by atoms with van der Waals surface area (Å²) >= 11 is 11.1. The minimum atomic E-state index is -0.247. The first-order valence-electron chi connectivity index (χ1n) is 9.01. The van der Waals surface area contributed by atoms with Crippen molar-refractivity contribution in [3.05, 3.63) is 85.0 Å². The molecule has 0 radical (unpaired) electrons. The van der Waals surface area contributed by atoms with Gasteiger partial charge in [-0.15, -0.1) is 11.3 Å². The lowest BCUT2D eigenvalue weighted by atomic mass is 10.1. The SMILES string of the molecule is CC(C)c1cc(C(=O)NN=Cc2cc(Cl)ccc2OCc2cccc(Br)c2)cs1. The molecule has 1 amide bonds. The molecule has 2 aromatic carbocycles. The van der Waals surface area contributed by atoms with Gasteiger partial charge in [-0.3, -0.25) is 4.79 Å². The van der Waals surface area contributed by atoms with Gasteiger partial charge in [0.25, 0.3) is 5.91 Å². The van der Waals surface area contributed by atoms with Crippen LogP contribution in [-0.2, 0) is 6.61 Å². The van der Waals surface area contributed by atoms with Gasteiger partial charge in [0.15, 0.2) is 0 Å². The summed E-state index contributed by atoms with van der Waals surface area (Å²) in [5.41, 5.74) is 4.88. The molecule has 0 aliphatic rings. The lowest BCUT2D eigenvalue weighted by molar-refractivity contribution is 0.0955. The van der Waals surface area contributed by atoms with E-state index in [1.54, 1.807) is 29.5 Å². The van der Waals surface area contributed by atoms with Crippen molar-refractivity contribution in [2.24, 2.45) is 5.10 Å². The number of rotatable bonds is 7. The van der Waals surface area contributed by atoms with Crippen molar-refractivity contribution in [3.8, 4) is 5.75 Å². The van der Waals surface area contributed by atoms with Gasteiger partial charge in [0, 0.05) is 25.3 Å². The normalized spacial score (nSPS) is 11.2. The zero-order valence-electron chi connectivity index (χ0n) is 16.0. The molecule has 1 aromatic heterocycles. The topological polar surface area (TPSA) is 50.7 Å². The van der Waals surface area contributed by atoms with Gasteiger partial charge >= 0.3 is 0 Å². The number of hydrogen-bond donors (Lipinski definition) is 1. The second-order valence-corrected chi connectivity index (χ2v) is 8.99. The Labute approximate surface area is 187 Å². The summed E-state index contributed by atoms with van der Waals surface area (Å²) in [5, 5.41) is 6.48. The molecule has 7 heteroatoms. The van der Waals surface area contributed by atoms with E-state index in [0.717, 1.165) is 14.9 Å². The molecule has 0 aliphatic carbocycles. The molecule has 0 spiro atoms. The van der Waals surface area contributed by atoms with Gasteiger partial charge in [-0.2, -0.15) is 5.10 Å². The van der Waals surface area contributed by atoms with Gasteiger partial charge < -0.3 is 4.74 Å². The lowest BCUT2D eigenvalue weighted by Gasteiger charge is -2.10. The third-order valence-corrected chi connectivity index (χ3v) is 6.04. The zero-order chi connectivity index (χ0) is 20.8. The highest BCUT2D eigenvalue weighted by Gasteiger charge is 2.10. The van der Waals surface area contributed by atoms with Crippen molar-refractivity contribution in [1.82, 2.24) is 5.43 Å². The molecule has 3 rings (SSSR count). The number of hydrogen-bond acceptors (Lipinski definition) is 4. The van der Waals surface area contributed by atoms with Gasteiger partial charge in [-0.1, -0.05) is 53.5 Å². The fourth-order valence-corrected chi connectivity index (χ4v) is 4.07. The lowest BCUT2D eigenvalue weighted by Crippen LogP contribution is -2.16. The molecular weight excluding hydrogens is 472 g/mol. The average molecular weight is 492 g/mol. The summed E-state index contributed by atoms with van der Waals surface area (Å²) in [6.07, 6.45) is 1.54. The summed E-state index contributed by atoms with van der Waals surface area (Å²) in [7, 11) is 0. The fourth-order valence-electron chi connectivity index (χ4n) is 2.54. The largest absolute Gasteiger partial charge is 0.488 e. The van der Waals surface area contributed by atoms with Crippen LogP contribution in [0.2, 0.25) is 5.02 Å². The van der Waals surface area contributed by atoms with Gasteiger partial charge in [-0.25, -0.2) is 5.43 Å². The van der Waals surface area contributed by atoms with E-state index in [1.807, 2.05) is 35.7 Å². The Bertz CT molecular complexity index is 1030. The molecule has 29 heavy (non-hydrogen) atoms. The van der Waals surface area contributed by atoms with E-state index in [1.165, 1.54) is 6.21 Å². The number of ether oxygens (including phenoxy) is 1. The standard InChI is InChI=1S/C22H20BrClN2O2S/c1-14(2)21-10-17(13-29-21)22(27)26-25-11-16-9-19(24)6-7-20(16)28-12-15-4-3-5-18(23)8-15/h3-11,13-14H,12H2,1-2H3,(H,26,27). The van der Waals surface area contributed by atoms with Crippen molar-refractivity contribution < 1.29 is 9.53 Å². The molecular formula is C22H20BrClN2O2S. The summed E-state index contributed by atoms with van der Waals surface area (Å²) in [4.78, 5) is 13.4. The molecule has 0 saturated heterocycles. The number of carbonyl (C=O) groups excluding carboxylic acids is 1. The molecule has 0 unspecified atom stereocenters. The van der Waals surface area contributed by atoms with Gasteiger partial charge in [0.05, 0.1) is 11.8 Å². The molecule has 0 bridgehead atoms. The fraction of sp³-hybridized carbons (Fsp3) is 0.182. The minimum Gasteiger partial charge on any atom is -0.488 e. The van der Waals surface area contributed by atoms with Crippen LogP contribution in [0.1, 0.15) is 46.1 Å². The van der Waals surface area contributed by atoms with E-state index in [9.17, 15) is 4.79 Å². The van der Waals surface area contributed by atoms with E-state index in [0.29, 0.717) is 34.4 Å². The van der Waals surface area contributed by atoms with Crippen LogP contribution in [0.25, 0.3) is 0 Å². The number of benzene rings is 2. The smallest absolute Gasteiger partial charge is 0.272 e. The number of halogens is 2. The molecule has 3 aromatic rings. The minimum absolute atomic E-state index is 0.247. The van der Waals surface area contributed by atoms with E-state index >= 15 is 0 Å². The van der Waals surface area contributed by atoms with Crippen LogP contribution >= 0.6 is 38.9 Å². The van der Waals surface area contributed by atoms with Crippen molar-refractivity contribution in [3.63, 3.8) is 0 Å². The van der Waals surface area contributed by atoms with Crippen LogP contribution in [0.4, 0.5) is 0 Å². The van der Waals surface area contributed by atoms with E-state index in [4.69, 9.17) is 16.3 Å². The Hall–Kier alpha value is -2.15. The molecule has 1 heterocycles. The Morgan fingerprint density at radius 2 is 2.10 bits per heavy atom. The maximum atomic E-state index is 12.3. The van der Waals surface area contributed by atoms with Crippen LogP contribution in [-0.4, -0.2) is 12.1 Å². The number of hydrazone groups is 1. The molecule has 150 valence electrons. The Morgan fingerprint density at radius 1 is 1.28 bits per heavy atom. The second kappa shape index (κ2) is 10.1. The number of nitrogens with zero attached hydrogens (tertiary/aromatic N) is 1. The predicted octanol–water partition coefficient (Wildman–Crippen LogP) is 6.63. The monoisotopic (exact) mass is 490 g/mol. The Balaban J connectivity index is 1.67. The highest BCUT2D eigenvalue weighted by Crippen LogP contribution is 2.24. The zero-order valence-corrected chi connectivity index (χ0v) is 19.1. The predicted molar refractivity (Wildman–Crippen MR) is 123 cm³/mol. The van der Waals surface area contributed by atoms with Crippen molar-refractivity contribution in [2.75, 3.05) is 0 Å². The molecule has 0 fully saturated rings. The van der Waals surface area contributed by atoms with Gasteiger partial charge in [-0.05, 0) is 47.9 Å². The highest BCUT2D eigenvalue weighted by molar-refractivity contribution is 9.10. The number of carbonyl (C=O) groups is 1. The van der Waals surface area contributed by atoms with Crippen molar-refractivity contribution >= 4 is 51.0 Å². The maximum absolute atomic E-state index is 12.3. The highest BCUT2D eigenvalue weighted by atomic mass is 79.9. The molecule has 4 nitrogen and oxygen atoms in total. The Kier molecular flexibility index (Phi) is 7.47. The van der Waals surface area contributed by atoms with Gasteiger partial charge in [0.1, 0.15) is 12.4 Å². The number of amides is 1. The average Bonchev–Trinajstić information content (AvgIpc) is 3.18. The van der Waals surface area contributed by atoms with E-state index in [2.05, 4.69) is 40.3 Å². The second-order valence-electron chi connectivity index (χ2n) is 6.69. The summed E-state index contributed by atoms with van der Waals surface area (Å²) in [6, 6.07) is 15.1. The quantitative estimate of drug-likeness (QED) is 0.298. The first-order chi connectivity index (χ1) is 13.9. The van der Waals surface area contributed by atoms with Crippen LogP contribution in [0.5, 0.6) is 5.75 Å². The Morgan fingerprint density at radius 3 is 2.83 bits per heavy atom. The van der Waals surface area contributed by atoms with Crippen LogP contribution in [0.3, 0.4) is 0 Å².